The molecule has 1 fully saturated rings. The number of pyridine rings is 1. The lowest BCUT2D eigenvalue weighted by Gasteiger charge is -2.25. The highest BCUT2D eigenvalue weighted by molar-refractivity contribution is 5.84. The van der Waals surface area contributed by atoms with Crippen LogP contribution in [0.5, 0.6) is 0 Å². The largest absolute Gasteiger partial charge is 0.395 e. The van der Waals surface area contributed by atoms with Crippen LogP contribution in [-0.4, -0.2) is 106 Å². The molecule has 1 aliphatic rings. The summed E-state index contributed by atoms with van der Waals surface area (Å²) >= 11 is 0. The molecule has 16 heteroatoms. The minimum absolute atomic E-state index is 0.00476. The summed E-state index contributed by atoms with van der Waals surface area (Å²) in [5.41, 5.74) is 16.0. The minimum atomic E-state index is -0.167. The molecule has 0 amide bonds. The first kappa shape index (κ1) is 68.2. The zero-order valence-electron chi connectivity index (χ0n) is 55.4. The number of carbonyl (C=O) groups excluding carboxylic acids is 2. The van der Waals surface area contributed by atoms with Crippen LogP contribution in [0.3, 0.4) is 0 Å². The second-order valence-corrected chi connectivity index (χ2v) is 25.2. The van der Waals surface area contributed by atoms with E-state index in [0.29, 0.717) is 38.4 Å². The maximum Gasteiger partial charge on any atom is 0.141 e. The van der Waals surface area contributed by atoms with E-state index in [1.54, 1.807) is 32.4 Å². The molecule has 0 bridgehead atoms. The molecule has 16 nitrogen and oxygen atoms in total. The van der Waals surface area contributed by atoms with Gasteiger partial charge in [0, 0.05) is 125 Å². The van der Waals surface area contributed by atoms with Crippen LogP contribution in [0.4, 0.5) is 11.4 Å². The Bertz CT molecular complexity index is 3930. The van der Waals surface area contributed by atoms with Gasteiger partial charge in [0.25, 0.3) is 0 Å². The summed E-state index contributed by atoms with van der Waals surface area (Å²) in [5.74, 6) is 2.85. The Morgan fingerprint density at radius 1 is 0.543 bits per heavy atom. The van der Waals surface area contributed by atoms with Gasteiger partial charge in [-0.1, -0.05) is 93.8 Å². The van der Waals surface area contributed by atoms with Gasteiger partial charge < -0.3 is 49.5 Å². The molecule has 0 aliphatic heterocycles. The van der Waals surface area contributed by atoms with Gasteiger partial charge in [-0.2, -0.15) is 0 Å². The van der Waals surface area contributed by atoms with Crippen LogP contribution in [0.1, 0.15) is 132 Å². The molecule has 1 aliphatic carbocycles. The SMILES string of the molecule is CC(=O)CC(NCc1ccc(-c2ccncc2)cc1)c1ccc2c(c1)nc(-c1ccc(N(CCO)CCO)cc1)n2CCCn1ccnc1.CCCN(CCC)c1ccc(-c2nc3cc(C(CC(C)=O)NCC4CCCCC4)ccc3n2CCc2ccc(CO)cc2)cc1. The minimum Gasteiger partial charge on any atom is -0.395 e. The van der Waals surface area contributed by atoms with Crippen LogP contribution >= 0.6 is 0 Å². The van der Waals surface area contributed by atoms with Gasteiger partial charge >= 0.3 is 0 Å². The third kappa shape index (κ3) is 18.4. The van der Waals surface area contributed by atoms with E-state index in [1.165, 1.54) is 43.4 Å². The molecule has 4 aromatic heterocycles. The van der Waals surface area contributed by atoms with Crippen LogP contribution in [0.25, 0.3) is 56.0 Å². The van der Waals surface area contributed by atoms with Gasteiger partial charge in [-0.05, 0) is 189 Å². The fourth-order valence-electron chi connectivity index (χ4n) is 13.2. The highest BCUT2D eigenvalue weighted by Crippen LogP contribution is 2.34. The van der Waals surface area contributed by atoms with Crippen LogP contribution < -0.4 is 20.4 Å². The Labute approximate surface area is 554 Å². The lowest BCUT2D eigenvalue weighted by molar-refractivity contribution is -0.118. The summed E-state index contributed by atoms with van der Waals surface area (Å²) in [7, 11) is 0. The predicted molar refractivity (Wildman–Crippen MR) is 380 cm³/mol. The van der Waals surface area contributed by atoms with Crippen molar-refractivity contribution in [1.82, 2.24) is 44.3 Å². The van der Waals surface area contributed by atoms with Crippen molar-refractivity contribution < 1.29 is 24.9 Å². The van der Waals surface area contributed by atoms with Crippen molar-refractivity contribution in [2.24, 2.45) is 5.92 Å². The molecular formula is C78H95N11O5. The zero-order chi connectivity index (χ0) is 65.6. The summed E-state index contributed by atoms with van der Waals surface area (Å²) in [6.07, 6.45) is 20.6. The van der Waals surface area contributed by atoms with E-state index in [0.717, 1.165) is 149 Å². The number of ketones is 2. The number of nitrogens with zero attached hydrogens (tertiary/aromatic N) is 9. The van der Waals surface area contributed by atoms with E-state index >= 15 is 0 Å². The lowest BCUT2D eigenvalue weighted by atomic mass is 9.89. The monoisotopic (exact) mass is 1270 g/mol. The maximum atomic E-state index is 12.4. The number of aliphatic hydroxyl groups excluding tert-OH is 3. The maximum absolute atomic E-state index is 12.4. The number of anilines is 2. The summed E-state index contributed by atoms with van der Waals surface area (Å²) in [6.45, 7) is 14.8. The number of hydrogen-bond acceptors (Lipinski definition) is 13. The summed E-state index contributed by atoms with van der Waals surface area (Å²) < 4.78 is 6.69. The average molecular weight is 1270 g/mol. The number of hydrogen-bond donors (Lipinski definition) is 5. The molecule has 6 aromatic carbocycles. The van der Waals surface area contributed by atoms with Crippen LogP contribution in [-0.2, 0) is 48.8 Å². The first-order valence-electron chi connectivity index (χ1n) is 34.0. The molecule has 5 N–H and O–H groups in total. The number of aromatic nitrogens is 7. The molecule has 11 rings (SSSR count). The molecule has 1 saturated carbocycles. The van der Waals surface area contributed by atoms with E-state index in [-0.39, 0.29) is 43.5 Å². The second kappa shape index (κ2) is 34.5. The van der Waals surface area contributed by atoms with Gasteiger partial charge in [-0.3, -0.25) is 14.6 Å². The fourth-order valence-corrected chi connectivity index (χ4v) is 13.2. The predicted octanol–water partition coefficient (Wildman–Crippen LogP) is 13.9. The number of Topliss-reactive ketones (excluding diaryl/α,β-unsaturated/α-hetero) is 2. The highest BCUT2D eigenvalue weighted by atomic mass is 16.3. The van der Waals surface area contributed by atoms with Crippen molar-refractivity contribution in [1.29, 1.82) is 0 Å². The smallest absolute Gasteiger partial charge is 0.141 e. The lowest BCUT2D eigenvalue weighted by Crippen LogP contribution is -2.29. The van der Waals surface area contributed by atoms with E-state index < -0.39 is 0 Å². The molecule has 2 unspecified atom stereocenters. The van der Waals surface area contributed by atoms with Gasteiger partial charge in [-0.25, -0.2) is 15.0 Å². The van der Waals surface area contributed by atoms with E-state index in [2.05, 4.69) is 150 Å². The number of fused-ring (bicyclic) bond motifs is 2. The number of aliphatic hydroxyl groups is 3. The molecular weight excluding hydrogens is 1170 g/mol. The number of imidazole rings is 3. The molecule has 94 heavy (non-hydrogen) atoms. The molecule has 492 valence electrons. The van der Waals surface area contributed by atoms with Crippen molar-refractivity contribution in [2.45, 2.75) is 143 Å². The summed E-state index contributed by atoms with van der Waals surface area (Å²) in [5, 5.41) is 35.9. The molecule has 10 aromatic rings. The van der Waals surface area contributed by atoms with Crippen molar-refractivity contribution in [2.75, 3.05) is 55.7 Å². The normalized spacial score (nSPS) is 13.2. The third-order valence-electron chi connectivity index (χ3n) is 18.1. The van der Waals surface area contributed by atoms with Gasteiger partial charge in [0.1, 0.15) is 23.2 Å². The van der Waals surface area contributed by atoms with Crippen LogP contribution in [0.15, 0.2) is 177 Å². The van der Waals surface area contributed by atoms with Gasteiger partial charge in [0.15, 0.2) is 0 Å². The first-order valence-corrected chi connectivity index (χ1v) is 34.0. The number of aryl methyl sites for hydroxylation is 4. The van der Waals surface area contributed by atoms with Gasteiger partial charge in [0.05, 0.1) is 48.2 Å². The molecule has 0 saturated heterocycles. The van der Waals surface area contributed by atoms with Gasteiger partial charge in [0.2, 0.25) is 0 Å². The Morgan fingerprint density at radius 3 is 1.57 bits per heavy atom. The molecule has 2 atom stereocenters. The number of carbonyl (C=O) groups is 2. The van der Waals surface area contributed by atoms with Crippen molar-refractivity contribution in [3.8, 4) is 33.9 Å². The number of nitrogens with one attached hydrogen (secondary N) is 2. The standard InChI is InChI=1S/C39H43N7O3.C39H52N4O2/c1-29(49)25-36(42-27-30-3-5-31(6-4-30)32-13-15-40-16-14-32)34-9-12-38-37(26-34)43-39(46(38)19-2-18-44-20-17-41-28-44)33-7-10-35(11-8-33)45(21-23-47)22-24-48;1-4-22-42(23-5-2)35-18-15-33(16-19-35)39-41-37-26-34(36(25-29(3)45)40-27-31-9-7-6-8-10-31)17-20-38(37)43(39)24-21-30-11-13-32(28-44)14-12-30/h3-17,20,26,28,36,42,47-48H,2,18-19,21-25,27H2,1H3;11-20,26,31,36,40,44H,4-10,21-25,27-28H2,1-3H3. The first-order chi connectivity index (χ1) is 46.0. The quantitative estimate of drug-likeness (QED) is 0.0261. The van der Waals surface area contributed by atoms with Gasteiger partial charge in [-0.15, -0.1) is 0 Å². The van der Waals surface area contributed by atoms with Crippen molar-refractivity contribution >= 4 is 45.0 Å². The average Bonchev–Trinajstić information content (AvgIpc) is 1.65. The van der Waals surface area contributed by atoms with Crippen LogP contribution in [0.2, 0.25) is 0 Å². The van der Waals surface area contributed by atoms with Crippen molar-refractivity contribution in [3.05, 3.63) is 205 Å². The number of rotatable bonds is 33. The Kier molecular flexibility index (Phi) is 25.0. The Morgan fingerprint density at radius 2 is 1.05 bits per heavy atom. The van der Waals surface area contributed by atoms with E-state index in [1.807, 2.05) is 66.0 Å². The molecule has 0 spiro atoms. The van der Waals surface area contributed by atoms with E-state index in [4.69, 9.17) is 9.97 Å². The summed E-state index contributed by atoms with van der Waals surface area (Å²) in [6, 6.07) is 50.5. The Hall–Kier alpha value is -8.64. The fraction of sp³-hybridized carbons (Fsp3) is 0.385. The topological polar surface area (TPSA) is 192 Å². The second-order valence-electron chi connectivity index (χ2n) is 25.2. The molecule has 0 radical (unpaired) electrons. The summed E-state index contributed by atoms with van der Waals surface area (Å²) in [4.78, 5) is 47.9. The van der Waals surface area contributed by atoms with Crippen molar-refractivity contribution in [3.63, 3.8) is 0 Å². The van der Waals surface area contributed by atoms with E-state index in [9.17, 15) is 24.9 Å². The number of benzene rings is 6. The molecule has 4 heterocycles. The third-order valence-corrected chi connectivity index (χ3v) is 18.1. The Balaban J connectivity index is 0.000000206. The van der Waals surface area contributed by atoms with Crippen LogP contribution in [0, 0.1) is 5.92 Å². The highest BCUT2D eigenvalue weighted by Gasteiger charge is 2.23. The zero-order valence-corrected chi connectivity index (χ0v) is 55.4.